The lowest BCUT2D eigenvalue weighted by Gasteiger charge is -2.13. The number of benzene rings is 2. The molecule has 0 unspecified atom stereocenters. The highest BCUT2D eigenvalue weighted by molar-refractivity contribution is 14.1. The van der Waals surface area contributed by atoms with Crippen LogP contribution in [0.4, 0.5) is 4.79 Å². The fraction of sp³-hybridized carbons (Fsp3) is 0.200. The Labute approximate surface area is 189 Å². The molecule has 1 fully saturated rings. The second kappa shape index (κ2) is 9.32. The predicted molar refractivity (Wildman–Crippen MR) is 123 cm³/mol. The molecule has 1 saturated heterocycles. The summed E-state index contributed by atoms with van der Waals surface area (Å²) >= 11 is 6.57. The van der Waals surface area contributed by atoms with Gasteiger partial charge in [0.1, 0.15) is 0 Å². The lowest BCUT2D eigenvalue weighted by molar-refractivity contribution is -0.123. The zero-order valence-electron chi connectivity index (χ0n) is 15.2. The molecule has 8 heteroatoms. The van der Waals surface area contributed by atoms with Crippen molar-refractivity contribution in [2.45, 2.75) is 13.5 Å². The van der Waals surface area contributed by atoms with Gasteiger partial charge < -0.3 is 9.47 Å². The molecule has 146 valence electrons. The smallest absolute Gasteiger partial charge is 0.293 e. The molecule has 0 N–H and O–H groups in total. The summed E-state index contributed by atoms with van der Waals surface area (Å²) in [6.07, 6.45) is 1.71. The monoisotopic (exact) mass is 573 g/mol. The first-order chi connectivity index (χ1) is 13.4. The van der Waals surface area contributed by atoms with E-state index in [0.29, 0.717) is 23.0 Å². The number of thioether (sulfide) groups is 1. The lowest BCUT2D eigenvalue weighted by Crippen LogP contribution is -2.27. The maximum Gasteiger partial charge on any atom is 0.293 e. The Bertz CT molecular complexity index is 963. The Morgan fingerprint density at radius 1 is 1.25 bits per heavy atom. The zero-order valence-corrected chi connectivity index (χ0v) is 19.8. The standard InChI is InChI=1S/C20H17BrINO4S/c1-3-27-18-15(22)8-12(9-16(18)26-2)10-17-19(24)23(20(25)28-17)11-13-6-4-5-7-14(13)21/h4-10H,3,11H2,1-2H3/b17-10-. The minimum absolute atomic E-state index is 0.230. The van der Waals surface area contributed by atoms with E-state index in [-0.39, 0.29) is 17.7 Å². The summed E-state index contributed by atoms with van der Waals surface area (Å²) in [4.78, 5) is 26.8. The minimum Gasteiger partial charge on any atom is -0.493 e. The van der Waals surface area contributed by atoms with E-state index in [1.54, 1.807) is 19.3 Å². The Balaban J connectivity index is 1.87. The highest BCUT2D eigenvalue weighted by atomic mass is 127. The van der Waals surface area contributed by atoms with Crippen molar-refractivity contribution in [1.29, 1.82) is 0 Å². The van der Waals surface area contributed by atoms with Gasteiger partial charge in [-0.3, -0.25) is 14.5 Å². The van der Waals surface area contributed by atoms with E-state index in [4.69, 9.17) is 9.47 Å². The quantitative estimate of drug-likeness (QED) is 0.328. The normalized spacial score (nSPS) is 15.4. The van der Waals surface area contributed by atoms with E-state index in [2.05, 4.69) is 38.5 Å². The van der Waals surface area contributed by atoms with E-state index >= 15 is 0 Å². The number of methoxy groups -OCH3 is 1. The number of halogens is 2. The van der Waals surface area contributed by atoms with Crippen molar-refractivity contribution in [3.05, 3.63) is 60.5 Å². The van der Waals surface area contributed by atoms with Crippen LogP contribution in [0, 0.1) is 3.57 Å². The second-order valence-electron chi connectivity index (χ2n) is 5.83. The summed E-state index contributed by atoms with van der Waals surface area (Å²) in [6.45, 7) is 2.66. The van der Waals surface area contributed by atoms with Crippen LogP contribution in [0.15, 0.2) is 45.8 Å². The molecule has 0 spiro atoms. The van der Waals surface area contributed by atoms with Gasteiger partial charge in [0.25, 0.3) is 11.1 Å². The van der Waals surface area contributed by atoms with Gasteiger partial charge in [-0.25, -0.2) is 0 Å². The maximum absolute atomic E-state index is 12.8. The van der Waals surface area contributed by atoms with E-state index < -0.39 is 0 Å². The van der Waals surface area contributed by atoms with Crippen LogP contribution in [0.3, 0.4) is 0 Å². The largest absolute Gasteiger partial charge is 0.493 e. The van der Waals surface area contributed by atoms with Crippen molar-refractivity contribution in [3.63, 3.8) is 0 Å². The Hall–Kier alpha value is -1.52. The zero-order chi connectivity index (χ0) is 20.3. The van der Waals surface area contributed by atoms with Crippen LogP contribution >= 0.6 is 50.3 Å². The number of hydrogen-bond donors (Lipinski definition) is 0. The first-order valence-corrected chi connectivity index (χ1v) is 11.1. The third-order valence-electron chi connectivity index (χ3n) is 4.00. The van der Waals surface area contributed by atoms with Crippen molar-refractivity contribution in [1.82, 2.24) is 4.90 Å². The van der Waals surface area contributed by atoms with E-state index in [1.165, 1.54) is 4.90 Å². The van der Waals surface area contributed by atoms with Crippen molar-refractivity contribution in [2.75, 3.05) is 13.7 Å². The molecule has 2 aromatic carbocycles. The molecule has 0 bridgehead atoms. The van der Waals surface area contributed by atoms with Crippen LogP contribution < -0.4 is 9.47 Å². The molecule has 0 atom stereocenters. The molecular weight excluding hydrogens is 557 g/mol. The molecule has 2 amide bonds. The average Bonchev–Trinajstić information content (AvgIpc) is 2.92. The van der Waals surface area contributed by atoms with Gasteiger partial charge in [0.15, 0.2) is 11.5 Å². The highest BCUT2D eigenvalue weighted by Gasteiger charge is 2.35. The number of ether oxygens (including phenoxy) is 2. The predicted octanol–water partition coefficient (Wildman–Crippen LogP) is 5.70. The van der Waals surface area contributed by atoms with Gasteiger partial charge in [-0.1, -0.05) is 34.1 Å². The van der Waals surface area contributed by atoms with Crippen LogP contribution in [0.25, 0.3) is 6.08 Å². The van der Waals surface area contributed by atoms with Gasteiger partial charge in [-0.2, -0.15) is 0 Å². The summed E-state index contributed by atoms with van der Waals surface area (Å²) in [5, 5.41) is -0.278. The van der Waals surface area contributed by atoms with Crippen LogP contribution in [-0.4, -0.2) is 29.8 Å². The summed E-state index contributed by atoms with van der Waals surface area (Å²) in [7, 11) is 1.57. The molecule has 1 heterocycles. The van der Waals surface area contributed by atoms with Gasteiger partial charge in [0, 0.05) is 4.47 Å². The number of carbonyl (C=O) groups is 2. The molecule has 0 aromatic heterocycles. The topological polar surface area (TPSA) is 55.8 Å². The third kappa shape index (κ3) is 4.55. The van der Waals surface area contributed by atoms with Crippen LogP contribution in [0.2, 0.25) is 0 Å². The Morgan fingerprint density at radius 2 is 2.00 bits per heavy atom. The first-order valence-electron chi connectivity index (χ1n) is 8.43. The van der Waals surface area contributed by atoms with Gasteiger partial charge >= 0.3 is 0 Å². The van der Waals surface area contributed by atoms with Gasteiger partial charge in [0.05, 0.1) is 28.7 Å². The molecule has 0 saturated carbocycles. The van der Waals surface area contributed by atoms with Crippen molar-refractivity contribution < 1.29 is 19.1 Å². The number of hydrogen-bond acceptors (Lipinski definition) is 5. The third-order valence-corrected chi connectivity index (χ3v) is 6.48. The molecule has 3 rings (SSSR count). The highest BCUT2D eigenvalue weighted by Crippen LogP contribution is 2.38. The van der Waals surface area contributed by atoms with Crippen molar-refractivity contribution >= 4 is 67.5 Å². The first kappa shape index (κ1) is 21.2. The molecular formula is C20H17BrINO4S. The van der Waals surface area contributed by atoms with Crippen molar-refractivity contribution in [3.8, 4) is 11.5 Å². The molecule has 1 aliphatic rings. The number of rotatable bonds is 6. The number of imide groups is 1. The second-order valence-corrected chi connectivity index (χ2v) is 8.84. The lowest BCUT2D eigenvalue weighted by atomic mass is 10.1. The summed E-state index contributed by atoms with van der Waals surface area (Å²) in [5.74, 6) is 0.964. The fourth-order valence-corrected chi connectivity index (χ4v) is 4.72. The molecule has 0 radical (unpaired) electrons. The SMILES string of the molecule is CCOc1c(I)cc(/C=C2\SC(=O)N(Cc3ccccc3Br)C2=O)cc1OC. The summed E-state index contributed by atoms with van der Waals surface area (Å²) < 4.78 is 12.8. The van der Waals surface area contributed by atoms with Gasteiger partial charge in [0.2, 0.25) is 0 Å². The fourth-order valence-electron chi connectivity index (χ4n) is 2.69. The van der Waals surface area contributed by atoms with E-state index in [0.717, 1.165) is 30.9 Å². The van der Waals surface area contributed by atoms with Crippen LogP contribution in [0.5, 0.6) is 11.5 Å². The number of nitrogens with zero attached hydrogens (tertiary/aromatic N) is 1. The van der Waals surface area contributed by atoms with Gasteiger partial charge in [-0.05, 0) is 76.7 Å². The molecule has 0 aliphatic carbocycles. The average molecular weight is 574 g/mol. The molecule has 5 nitrogen and oxygen atoms in total. The molecule has 28 heavy (non-hydrogen) atoms. The van der Waals surface area contributed by atoms with Gasteiger partial charge in [-0.15, -0.1) is 0 Å². The van der Waals surface area contributed by atoms with E-state index in [1.807, 2.05) is 37.3 Å². The Kier molecular flexibility index (Phi) is 7.05. The van der Waals surface area contributed by atoms with Crippen LogP contribution in [0.1, 0.15) is 18.1 Å². The molecule has 1 aliphatic heterocycles. The minimum atomic E-state index is -0.298. The summed E-state index contributed by atoms with van der Waals surface area (Å²) in [6, 6.07) is 11.2. The number of amides is 2. The maximum atomic E-state index is 12.8. The summed E-state index contributed by atoms with van der Waals surface area (Å²) in [5.41, 5.74) is 1.65. The van der Waals surface area contributed by atoms with Crippen LogP contribution in [-0.2, 0) is 11.3 Å². The number of carbonyl (C=O) groups excluding carboxylic acids is 2. The Morgan fingerprint density at radius 3 is 2.68 bits per heavy atom. The van der Waals surface area contributed by atoms with E-state index in [9.17, 15) is 9.59 Å². The molecule has 2 aromatic rings. The van der Waals surface area contributed by atoms with Crippen molar-refractivity contribution in [2.24, 2.45) is 0 Å².